The van der Waals surface area contributed by atoms with Crippen molar-refractivity contribution in [3.05, 3.63) is 120 Å². The van der Waals surface area contributed by atoms with Crippen LogP contribution in [-0.2, 0) is 44.2 Å². The first-order valence-corrected chi connectivity index (χ1v) is 23.7. The number of carbonyl (C=O) groups is 1. The van der Waals surface area contributed by atoms with Gasteiger partial charge >= 0.3 is 6.09 Å². The molecule has 0 saturated heterocycles. The van der Waals surface area contributed by atoms with Crippen molar-refractivity contribution in [2.24, 2.45) is 0 Å². The number of methoxy groups -OCH3 is 3. The molecule has 4 N–H and O–H groups in total. The Morgan fingerprint density at radius 1 is 0.788 bits per heavy atom. The summed E-state index contributed by atoms with van der Waals surface area (Å²) in [6.07, 6.45) is -0.845. The van der Waals surface area contributed by atoms with Crippen LogP contribution in [0.15, 0.2) is 113 Å². The van der Waals surface area contributed by atoms with E-state index in [-0.39, 0.29) is 42.5 Å². The first kappa shape index (κ1) is 46.9. The zero-order valence-corrected chi connectivity index (χ0v) is 39.1. The van der Waals surface area contributed by atoms with Crippen molar-refractivity contribution in [2.45, 2.75) is 68.0 Å². The normalized spacial score (nSPS) is 12.5. The molecule has 1 amide bonds. The smallest absolute Gasteiger partial charge is 0.407 e. The molecule has 0 bridgehead atoms. The molecule has 7 rings (SSSR count). The topological polar surface area (TPSA) is 236 Å². The van der Waals surface area contributed by atoms with Gasteiger partial charge in [-0.1, -0.05) is 54.6 Å². The molecule has 7 aromatic rings. The summed E-state index contributed by atoms with van der Waals surface area (Å²) in [7, 11) is -5.00. The van der Waals surface area contributed by atoms with Gasteiger partial charge in [-0.05, 0) is 104 Å². The Morgan fingerprint density at radius 3 is 1.89 bits per heavy atom. The number of amides is 1. The summed E-state index contributed by atoms with van der Waals surface area (Å²) >= 11 is 0. The molecule has 20 heteroatoms. The Bertz CT molecular complexity index is 3010. The van der Waals surface area contributed by atoms with Gasteiger partial charge in [0.15, 0.2) is 15.8 Å². The van der Waals surface area contributed by atoms with E-state index < -0.39 is 53.1 Å². The highest BCUT2D eigenvalue weighted by Gasteiger charge is 2.40. The second kappa shape index (κ2) is 19.2. The highest BCUT2D eigenvalue weighted by molar-refractivity contribution is 7.94. The number of H-pyrrole nitrogens is 1. The third-order valence-electron chi connectivity index (χ3n) is 10.5. The average Bonchev–Trinajstić information content (AvgIpc) is 3.93. The van der Waals surface area contributed by atoms with Gasteiger partial charge in [-0.15, -0.1) is 10.2 Å². The number of aromatic amines is 1. The molecule has 0 fully saturated rings. The molecule has 0 aliphatic carbocycles. The number of nitrogens with one attached hydrogen (secondary N) is 2. The van der Waals surface area contributed by atoms with Crippen LogP contribution in [0.25, 0.3) is 33.5 Å². The molecular formula is C46H51N9O9S2. The summed E-state index contributed by atoms with van der Waals surface area (Å²) in [5, 5.41) is 14.6. The number of imidazole rings is 1. The maximum Gasteiger partial charge on any atom is 0.407 e. The van der Waals surface area contributed by atoms with E-state index >= 15 is 16.8 Å². The zero-order valence-electron chi connectivity index (χ0n) is 37.5. The molecule has 1 atom stereocenters. The number of benzene rings is 5. The number of ether oxygens (including phenoxy) is 4. The fourth-order valence-electron chi connectivity index (χ4n) is 7.16. The summed E-state index contributed by atoms with van der Waals surface area (Å²) in [4.78, 5) is 20.4. The molecule has 2 heterocycles. The first-order valence-electron chi connectivity index (χ1n) is 20.7. The Kier molecular flexibility index (Phi) is 13.7. The molecule has 0 spiro atoms. The molecule has 346 valence electrons. The molecule has 0 aliphatic rings. The largest absolute Gasteiger partial charge is 0.497 e. The predicted octanol–water partition coefficient (Wildman–Crippen LogP) is 6.62. The molecule has 66 heavy (non-hydrogen) atoms. The standard InChI is InChI=1S/C46H51N9O9S2/c1-29(25-48-45(56)64-46(2,3)4)65(57,58)39-24-23-36(37-9-8-10-38-41(37)50-44(47)49-38)40(43-51-53-55(52-43)28-32-15-21-35(63-7)22-16-32)42(39)66(59,60)54(26-30-11-17-33(61-5)18-12-30)27-31-13-19-34(62-6)20-14-31/h8-24,29H,25-28H2,1-7H3,(H,48,56)(H3,47,49,50)/t29-/m1/s1. The Hall–Kier alpha value is -7.03. The molecule has 0 aliphatic heterocycles. The Morgan fingerprint density at radius 2 is 1.35 bits per heavy atom. The lowest BCUT2D eigenvalue weighted by Gasteiger charge is -2.27. The van der Waals surface area contributed by atoms with Crippen LogP contribution in [0.5, 0.6) is 17.2 Å². The van der Waals surface area contributed by atoms with Crippen molar-refractivity contribution < 1.29 is 40.6 Å². The predicted molar refractivity (Wildman–Crippen MR) is 248 cm³/mol. The number of rotatable bonds is 17. The first-order chi connectivity index (χ1) is 31.4. The van der Waals surface area contributed by atoms with Gasteiger partial charge in [-0.25, -0.2) is 26.6 Å². The van der Waals surface area contributed by atoms with Crippen LogP contribution >= 0.6 is 0 Å². The Labute approximate surface area is 383 Å². The van der Waals surface area contributed by atoms with E-state index in [1.807, 2.05) is 12.1 Å². The minimum atomic E-state index is -4.95. The van der Waals surface area contributed by atoms with Gasteiger partial charge < -0.3 is 35.0 Å². The number of hydrogen-bond acceptors (Lipinski definition) is 14. The quantitative estimate of drug-likeness (QED) is 0.0871. The minimum absolute atomic E-state index is 0.103. The molecule has 0 unspecified atom stereocenters. The second-order valence-corrected chi connectivity index (χ2v) is 20.5. The molecule has 5 aromatic carbocycles. The fourth-order valence-corrected chi connectivity index (χ4v) is 10.9. The van der Waals surface area contributed by atoms with Crippen molar-refractivity contribution in [1.29, 1.82) is 0 Å². The van der Waals surface area contributed by atoms with E-state index in [4.69, 9.17) is 29.8 Å². The van der Waals surface area contributed by atoms with Crippen LogP contribution in [0.3, 0.4) is 0 Å². The molecule has 18 nitrogen and oxygen atoms in total. The summed E-state index contributed by atoms with van der Waals surface area (Å²) in [6.45, 7) is 5.69. The number of fused-ring (bicyclic) bond motifs is 1. The van der Waals surface area contributed by atoms with Gasteiger partial charge in [-0.3, -0.25) is 0 Å². The summed E-state index contributed by atoms with van der Waals surface area (Å²) in [5.74, 6) is 1.66. The van der Waals surface area contributed by atoms with Crippen molar-refractivity contribution in [1.82, 2.24) is 39.8 Å². The molecule has 2 aromatic heterocycles. The van der Waals surface area contributed by atoms with E-state index in [0.717, 1.165) is 5.56 Å². The lowest BCUT2D eigenvalue weighted by Crippen LogP contribution is -2.39. The average molecular weight is 938 g/mol. The van der Waals surface area contributed by atoms with Gasteiger partial charge in [0.05, 0.1) is 54.6 Å². The van der Waals surface area contributed by atoms with E-state index in [1.165, 1.54) is 42.4 Å². The number of sulfone groups is 1. The lowest BCUT2D eigenvalue weighted by atomic mass is 9.98. The number of nitrogen functional groups attached to an aromatic ring is 1. The number of aromatic nitrogens is 6. The number of anilines is 1. The van der Waals surface area contributed by atoms with Crippen LogP contribution in [0.2, 0.25) is 0 Å². The van der Waals surface area contributed by atoms with Crippen LogP contribution in [0, 0.1) is 0 Å². The molecule has 0 radical (unpaired) electrons. The summed E-state index contributed by atoms with van der Waals surface area (Å²) in [6, 6.07) is 28.9. The second-order valence-electron chi connectivity index (χ2n) is 16.3. The Balaban J connectivity index is 1.49. The number of para-hydroxylation sites is 1. The number of carbonyl (C=O) groups excluding carboxylic acids is 1. The van der Waals surface area contributed by atoms with Crippen molar-refractivity contribution in [3.8, 4) is 39.8 Å². The minimum Gasteiger partial charge on any atom is -0.497 e. The van der Waals surface area contributed by atoms with Crippen LogP contribution in [0.1, 0.15) is 44.4 Å². The highest BCUT2D eigenvalue weighted by Crippen LogP contribution is 2.44. The molecular weight excluding hydrogens is 887 g/mol. The third-order valence-corrected chi connectivity index (χ3v) is 14.7. The number of alkyl carbamates (subject to hydrolysis) is 1. The maximum absolute atomic E-state index is 16.1. The van der Waals surface area contributed by atoms with E-state index in [1.54, 1.807) is 107 Å². The number of nitrogens with zero attached hydrogens (tertiary/aromatic N) is 6. The summed E-state index contributed by atoms with van der Waals surface area (Å²) < 4.78 is 85.1. The van der Waals surface area contributed by atoms with E-state index in [9.17, 15) is 4.79 Å². The van der Waals surface area contributed by atoms with E-state index in [0.29, 0.717) is 45.0 Å². The van der Waals surface area contributed by atoms with Gasteiger partial charge in [0.1, 0.15) is 27.7 Å². The van der Waals surface area contributed by atoms with Crippen LogP contribution in [-0.4, -0.2) is 96.1 Å². The van der Waals surface area contributed by atoms with Gasteiger partial charge in [0.2, 0.25) is 15.8 Å². The highest BCUT2D eigenvalue weighted by atomic mass is 32.2. The van der Waals surface area contributed by atoms with Crippen LogP contribution < -0.4 is 25.3 Å². The van der Waals surface area contributed by atoms with Crippen molar-refractivity contribution >= 4 is 42.9 Å². The monoisotopic (exact) mass is 937 g/mol. The van der Waals surface area contributed by atoms with Gasteiger partial charge in [-0.2, -0.15) is 9.10 Å². The fraction of sp³-hybridized carbons (Fsp3) is 0.283. The molecule has 0 saturated carbocycles. The lowest BCUT2D eigenvalue weighted by molar-refractivity contribution is 0.0528. The SMILES string of the molecule is COc1ccc(CN(Cc2ccc(OC)cc2)S(=O)(=O)c2c(S(=O)(=O)[C@H](C)CNC(=O)OC(C)(C)C)ccc(-c3cccc4[nH]c(N)nc34)c2-c2nnn(Cc3ccc(OC)cc3)n2)cc1. The van der Waals surface area contributed by atoms with Crippen molar-refractivity contribution in [3.63, 3.8) is 0 Å². The summed E-state index contributed by atoms with van der Waals surface area (Å²) in [5.41, 5.74) is 8.59. The maximum atomic E-state index is 16.1. The number of sulfonamides is 1. The zero-order chi connectivity index (χ0) is 47.4. The van der Waals surface area contributed by atoms with Crippen LogP contribution in [0.4, 0.5) is 10.7 Å². The van der Waals surface area contributed by atoms with Crippen molar-refractivity contribution in [2.75, 3.05) is 33.6 Å². The number of nitrogens with two attached hydrogens (primary N) is 1. The van der Waals surface area contributed by atoms with E-state index in [2.05, 4.69) is 25.6 Å². The number of tetrazole rings is 1. The van der Waals surface area contributed by atoms with Gasteiger partial charge in [0.25, 0.3) is 0 Å². The van der Waals surface area contributed by atoms with Gasteiger partial charge in [0, 0.05) is 25.2 Å². The number of hydrogen-bond donors (Lipinski definition) is 3. The third kappa shape index (κ3) is 10.4.